The molecule has 1 saturated heterocycles. The molecule has 2 N–H and O–H groups in total. The molecule has 0 radical (unpaired) electrons. The number of H-pyrrole nitrogens is 1. The lowest BCUT2D eigenvalue weighted by Crippen LogP contribution is -2.46. The number of nitrogens with zero attached hydrogens (tertiary/aromatic N) is 4. The molecule has 29 heavy (non-hydrogen) atoms. The second-order valence-corrected chi connectivity index (χ2v) is 7.61. The van der Waals surface area contributed by atoms with Crippen LogP contribution < -0.4 is 15.8 Å². The molecular formula is C21H22N6O2. The minimum atomic E-state index is 0.0214. The highest BCUT2D eigenvalue weighted by molar-refractivity contribution is 5.93. The van der Waals surface area contributed by atoms with E-state index in [0.717, 1.165) is 74.3 Å². The van der Waals surface area contributed by atoms with Gasteiger partial charge in [-0.2, -0.15) is 10.2 Å². The van der Waals surface area contributed by atoms with E-state index in [1.54, 1.807) is 0 Å². The number of anilines is 2. The average molecular weight is 390 g/mol. The van der Waals surface area contributed by atoms with Crippen LogP contribution in [0.3, 0.4) is 0 Å². The molecule has 4 heterocycles. The van der Waals surface area contributed by atoms with Crippen LogP contribution in [0, 0.1) is 11.3 Å². The van der Waals surface area contributed by atoms with Crippen molar-refractivity contribution in [1.29, 1.82) is 5.26 Å². The zero-order valence-corrected chi connectivity index (χ0v) is 16.1. The average Bonchev–Trinajstić information content (AvgIpc) is 3.24. The molecule has 0 saturated carbocycles. The fraction of sp³-hybridized carbons (Fsp3) is 0.381. The Labute approximate surface area is 167 Å². The Morgan fingerprint density at radius 2 is 2.10 bits per heavy atom. The first-order valence-electron chi connectivity index (χ1n) is 9.96. The largest absolute Gasteiger partial charge is 0.431 e. The molecule has 0 spiro atoms. The minimum absolute atomic E-state index is 0.0214. The third kappa shape index (κ3) is 3.34. The van der Waals surface area contributed by atoms with Gasteiger partial charge >= 0.3 is 0 Å². The number of aromatic amines is 1. The molecule has 0 aliphatic carbocycles. The van der Waals surface area contributed by atoms with Crippen molar-refractivity contribution < 1.29 is 4.42 Å². The Morgan fingerprint density at radius 1 is 1.24 bits per heavy atom. The highest BCUT2D eigenvalue weighted by Gasteiger charge is 2.21. The van der Waals surface area contributed by atoms with E-state index in [1.165, 1.54) is 11.8 Å². The summed E-state index contributed by atoms with van der Waals surface area (Å²) in [7, 11) is 0. The van der Waals surface area contributed by atoms with Crippen LogP contribution in [0.15, 0.2) is 33.7 Å². The Hall–Kier alpha value is -3.31. The van der Waals surface area contributed by atoms with E-state index in [2.05, 4.69) is 43.3 Å². The summed E-state index contributed by atoms with van der Waals surface area (Å²) >= 11 is 0. The van der Waals surface area contributed by atoms with Crippen LogP contribution in [0.4, 0.5) is 11.7 Å². The Bertz CT molecular complexity index is 1150. The number of piperazine rings is 1. The van der Waals surface area contributed by atoms with E-state index in [1.807, 2.05) is 6.07 Å². The van der Waals surface area contributed by atoms with Gasteiger partial charge in [-0.15, -0.1) is 0 Å². The van der Waals surface area contributed by atoms with E-state index >= 15 is 0 Å². The molecule has 0 amide bonds. The van der Waals surface area contributed by atoms with Gasteiger partial charge in [0.15, 0.2) is 5.69 Å². The second-order valence-electron chi connectivity index (χ2n) is 7.61. The molecule has 148 valence electrons. The van der Waals surface area contributed by atoms with Gasteiger partial charge in [-0.25, -0.2) is 0 Å². The Morgan fingerprint density at radius 3 is 2.90 bits per heavy atom. The predicted octanol–water partition coefficient (Wildman–Crippen LogP) is 2.07. The maximum atomic E-state index is 12.4. The molecule has 8 nitrogen and oxygen atoms in total. The van der Waals surface area contributed by atoms with Crippen molar-refractivity contribution in [2.75, 3.05) is 42.9 Å². The molecule has 0 unspecified atom stereocenters. The summed E-state index contributed by atoms with van der Waals surface area (Å²) in [5.74, 6) is 0. The number of aromatic nitrogens is 2. The lowest BCUT2D eigenvalue weighted by molar-refractivity contribution is 0.245. The summed E-state index contributed by atoms with van der Waals surface area (Å²) in [5.41, 5.74) is 4.28. The van der Waals surface area contributed by atoms with Crippen LogP contribution in [-0.2, 0) is 13.0 Å². The SMILES string of the molecule is N#Cc1coc(N2CCN(Cc3ccc4c5c(c(=O)[nH]c4c3)CCCN5)CC2)n1. The molecule has 0 bridgehead atoms. The van der Waals surface area contributed by atoms with Crippen molar-refractivity contribution in [2.45, 2.75) is 19.4 Å². The molecule has 0 atom stereocenters. The van der Waals surface area contributed by atoms with Crippen molar-refractivity contribution in [3.8, 4) is 6.07 Å². The fourth-order valence-electron chi connectivity index (χ4n) is 4.22. The predicted molar refractivity (Wildman–Crippen MR) is 110 cm³/mol. The standard InChI is InChI=1S/C21H22N6O2/c22-11-15-13-29-21(24-15)27-8-6-26(7-9-27)12-14-3-4-16-18(10-14)25-20(28)17-2-1-5-23-19(16)17/h3-4,10,13,23H,1-2,5-9,12H2,(H,25,28). The van der Waals surface area contributed by atoms with Crippen LogP contribution in [0.2, 0.25) is 0 Å². The van der Waals surface area contributed by atoms with Gasteiger partial charge < -0.3 is 19.6 Å². The molecule has 1 aromatic carbocycles. The number of pyridine rings is 1. The minimum Gasteiger partial charge on any atom is -0.431 e. The van der Waals surface area contributed by atoms with Gasteiger partial charge in [0.2, 0.25) is 0 Å². The van der Waals surface area contributed by atoms with E-state index in [0.29, 0.717) is 11.7 Å². The van der Waals surface area contributed by atoms with E-state index in [9.17, 15) is 4.79 Å². The van der Waals surface area contributed by atoms with Gasteiger partial charge in [0.05, 0.1) is 11.2 Å². The Kier molecular flexibility index (Phi) is 4.45. The first-order valence-corrected chi connectivity index (χ1v) is 9.96. The molecule has 2 aromatic heterocycles. The summed E-state index contributed by atoms with van der Waals surface area (Å²) in [6.45, 7) is 5.10. The number of hydrogen-bond donors (Lipinski definition) is 2. The van der Waals surface area contributed by atoms with E-state index in [-0.39, 0.29) is 5.56 Å². The quantitative estimate of drug-likeness (QED) is 0.706. The van der Waals surface area contributed by atoms with Crippen LogP contribution in [0.1, 0.15) is 23.2 Å². The third-order valence-corrected chi connectivity index (χ3v) is 5.74. The topological polar surface area (TPSA) is 101 Å². The van der Waals surface area contributed by atoms with E-state index in [4.69, 9.17) is 9.68 Å². The summed E-state index contributed by atoms with van der Waals surface area (Å²) in [6, 6.07) is 8.86. The number of oxazole rings is 1. The molecule has 2 aliphatic heterocycles. The molecular weight excluding hydrogens is 368 g/mol. The highest BCUT2D eigenvalue weighted by atomic mass is 16.4. The summed E-state index contributed by atoms with van der Waals surface area (Å²) in [5, 5.41) is 13.4. The summed E-state index contributed by atoms with van der Waals surface area (Å²) in [6.07, 6.45) is 3.22. The highest BCUT2D eigenvalue weighted by Crippen LogP contribution is 2.28. The molecule has 8 heteroatoms. The number of benzene rings is 1. The van der Waals surface area contributed by atoms with Crippen molar-refractivity contribution >= 4 is 22.6 Å². The van der Waals surface area contributed by atoms with Gasteiger partial charge in [-0.1, -0.05) is 12.1 Å². The second kappa shape index (κ2) is 7.26. The van der Waals surface area contributed by atoms with Crippen molar-refractivity contribution in [3.63, 3.8) is 0 Å². The fourth-order valence-corrected chi connectivity index (χ4v) is 4.22. The lowest BCUT2D eigenvalue weighted by Gasteiger charge is -2.33. The van der Waals surface area contributed by atoms with Crippen LogP contribution in [0.5, 0.6) is 0 Å². The molecule has 1 fully saturated rings. The third-order valence-electron chi connectivity index (χ3n) is 5.74. The zero-order chi connectivity index (χ0) is 19.8. The number of rotatable bonds is 3. The maximum absolute atomic E-state index is 12.4. The Balaban J connectivity index is 1.30. The number of hydrogen-bond acceptors (Lipinski definition) is 7. The molecule has 5 rings (SSSR count). The maximum Gasteiger partial charge on any atom is 0.298 e. The van der Waals surface area contributed by atoms with Gasteiger partial charge in [0.25, 0.3) is 11.6 Å². The van der Waals surface area contributed by atoms with Crippen molar-refractivity contribution in [3.05, 3.63) is 51.6 Å². The summed E-state index contributed by atoms with van der Waals surface area (Å²) < 4.78 is 5.39. The zero-order valence-electron chi connectivity index (χ0n) is 16.1. The number of nitrogens with one attached hydrogen (secondary N) is 2. The van der Waals surface area contributed by atoms with Gasteiger partial charge in [0, 0.05) is 50.2 Å². The normalized spacial score (nSPS) is 17.0. The first-order chi connectivity index (χ1) is 14.2. The summed E-state index contributed by atoms with van der Waals surface area (Å²) in [4.78, 5) is 24.1. The van der Waals surface area contributed by atoms with Crippen LogP contribution in [-0.4, -0.2) is 47.6 Å². The molecule has 3 aromatic rings. The number of nitriles is 1. The lowest BCUT2D eigenvalue weighted by atomic mass is 10.0. The monoisotopic (exact) mass is 390 g/mol. The van der Waals surface area contributed by atoms with Gasteiger partial charge in [-0.3, -0.25) is 9.69 Å². The van der Waals surface area contributed by atoms with Crippen LogP contribution in [0.25, 0.3) is 10.9 Å². The van der Waals surface area contributed by atoms with Gasteiger partial charge in [0.1, 0.15) is 12.3 Å². The van der Waals surface area contributed by atoms with Gasteiger partial charge in [-0.05, 0) is 24.5 Å². The number of fused-ring (bicyclic) bond motifs is 3. The first kappa shape index (κ1) is 17.8. The van der Waals surface area contributed by atoms with Crippen LogP contribution >= 0.6 is 0 Å². The van der Waals surface area contributed by atoms with E-state index < -0.39 is 0 Å². The smallest absolute Gasteiger partial charge is 0.298 e. The molecule has 2 aliphatic rings. The van der Waals surface area contributed by atoms with Crippen molar-refractivity contribution in [1.82, 2.24) is 14.9 Å². The van der Waals surface area contributed by atoms with Crippen molar-refractivity contribution in [2.24, 2.45) is 0 Å².